The molecule has 0 saturated carbocycles. The lowest BCUT2D eigenvalue weighted by molar-refractivity contribution is 0.608. The molecule has 1 aromatic rings. The lowest BCUT2D eigenvalue weighted by Gasteiger charge is -2.16. The maximum atomic E-state index is 12.0. The van der Waals surface area contributed by atoms with E-state index < -0.39 is 10.8 Å². The smallest absolute Gasteiger partial charge is 0.0434 e. The van der Waals surface area contributed by atoms with Gasteiger partial charge in [-0.15, -0.1) is 0 Å². The molecule has 0 saturated heterocycles. The fourth-order valence-corrected chi connectivity index (χ4v) is 3.30. The van der Waals surface area contributed by atoms with Crippen LogP contribution in [0.3, 0.4) is 0 Å². The summed E-state index contributed by atoms with van der Waals surface area (Å²) >= 11 is 0. The average Bonchev–Trinajstić information content (AvgIpc) is 2.34. The van der Waals surface area contributed by atoms with Gasteiger partial charge < -0.3 is 5.32 Å². The van der Waals surface area contributed by atoms with Crippen LogP contribution in [0.4, 0.5) is 0 Å². The normalized spacial score (nSPS) is 14.8. The second-order valence-electron chi connectivity index (χ2n) is 4.75. The molecule has 3 heteroatoms. The average molecular weight is 253 g/mol. The van der Waals surface area contributed by atoms with Crippen molar-refractivity contribution in [2.75, 3.05) is 18.6 Å². The maximum Gasteiger partial charge on any atom is 0.0434 e. The summed E-state index contributed by atoms with van der Waals surface area (Å²) in [6.07, 6.45) is 1.04. The fourth-order valence-electron chi connectivity index (χ4n) is 1.67. The van der Waals surface area contributed by atoms with Gasteiger partial charge in [-0.3, -0.25) is 4.21 Å². The predicted octanol–water partition coefficient (Wildman–Crippen LogP) is 2.74. The number of hydrogen-bond acceptors (Lipinski definition) is 2. The van der Waals surface area contributed by atoms with E-state index in [0.717, 1.165) is 12.2 Å². The van der Waals surface area contributed by atoms with Crippen LogP contribution in [0.1, 0.15) is 31.9 Å². The van der Waals surface area contributed by atoms with Crippen molar-refractivity contribution in [1.82, 2.24) is 5.32 Å². The third-order valence-corrected chi connectivity index (χ3v) is 4.22. The van der Waals surface area contributed by atoms with E-state index in [0.29, 0.717) is 11.7 Å². The SMILES string of the molecule is CNC(CS(=O)CCC(C)C)c1ccccc1. The molecule has 0 heterocycles. The van der Waals surface area contributed by atoms with E-state index >= 15 is 0 Å². The molecule has 17 heavy (non-hydrogen) atoms. The third kappa shape index (κ3) is 5.46. The largest absolute Gasteiger partial charge is 0.312 e. The molecule has 0 spiro atoms. The van der Waals surface area contributed by atoms with Gasteiger partial charge in [0, 0.05) is 28.3 Å². The summed E-state index contributed by atoms with van der Waals surface area (Å²) in [5.41, 5.74) is 1.22. The summed E-state index contributed by atoms with van der Waals surface area (Å²) in [6, 6.07) is 10.4. The monoisotopic (exact) mass is 253 g/mol. The Balaban J connectivity index is 2.50. The molecular weight excluding hydrogens is 230 g/mol. The third-order valence-electron chi connectivity index (χ3n) is 2.83. The van der Waals surface area contributed by atoms with Gasteiger partial charge in [-0.25, -0.2) is 0 Å². The van der Waals surface area contributed by atoms with Crippen molar-refractivity contribution in [2.45, 2.75) is 26.3 Å². The molecular formula is C14H23NOS. The van der Waals surface area contributed by atoms with Gasteiger partial charge in [-0.1, -0.05) is 44.2 Å². The quantitative estimate of drug-likeness (QED) is 0.809. The first kappa shape index (κ1) is 14.4. The van der Waals surface area contributed by atoms with Gasteiger partial charge in [-0.05, 0) is 24.9 Å². The second kappa shape index (κ2) is 7.62. The summed E-state index contributed by atoms with van der Waals surface area (Å²) in [5, 5.41) is 3.24. The van der Waals surface area contributed by atoms with Crippen molar-refractivity contribution in [3.8, 4) is 0 Å². The molecule has 0 aromatic heterocycles. The summed E-state index contributed by atoms with van der Waals surface area (Å²) in [4.78, 5) is 0. The van der Waals surface area contributed by atoms with Crippen LogP contribution in [-0.4, -0.2) is 22.8 Å². The molecule has 2 nitrogen and oxygen atoms in total. The first-order valence-electron chi connectivity index (χ1n) is 6.20. The van der Waals surface area contributed by atoms with Crippen LogP contribution in [0.5, 0.6) is 0 Å². The molecule has 0 amide bonds. The predicted molar refractivity (Wildman–Crippen MR) is 75.6 cm³/mol. The highest BCUT2D eigenvalue weighted by Crippen LogP contribution is 2.14. The van der Waals surface area contributed by atoms with Gasteiger partial charge in [0.05, 0.1) is 0 Å². The first-order chi connectivity index (χ1) is 8.13. The van der Waals surface area contributed by atoms with Gasteiger partial charge in [0.2, 0.25) is 0 Å². The zero-order valence-electron chi connectivity index (χ0n) is 11.0. The Morgan fingerprint density at radius 3 is 2.41 bits per heavy atom. The van der Waals surface area contributed by atoms with Crippen molar-refractivity contribution >= 4 is 10.8 Å². The maximum absolute atomic E-state index is 12.0. The fraction of sp³-hybridized carbons (Fsp3) is 0.571. The van der Waals surface area contributed by atoms with Crippen LogP contribution in [0.2, 0.25) is 0 Å². The lowest BCUT2D eigenvalue weighted by Crippen LogP contribution is -2.23. The van der Waals surface area contributed by atoms with Gasteiger partial charge in [0.1, 0.15) is 0 Å². The van der Waals surface area contributed by atoms with Crippen LogP contribution in [0.25, 0.3) is 0 Å². The van der Waals surface area contributed by atoms with Crippen molar-refractivity contribution in [3.05, 3.63) is 35.9 Å². The number of nitrogens with one attached hydrogen (secondary N) is 1. The highest BCUT2D eigenvalue weighted by atomic mass is 32.2. The first-order valence-corrected chi connectivity index (χ1v) is 7.69. The van der Waals surface area contributed by atoms with Crippen LogP contribution in [-0.2, 0) is 10.8 Å². The Hall–Kier alpha value is -0.670. The summed E-state index contributed by atoms with van der Waals surface area (Å²) in [6.45, 7) is 4.34. The Morgan fingerprint density at radius 1 is 1.24 bits per heavy atom. The highest BCUT2D eigenvalue weighted by Gasteiger charge is 2.12. The summed E-state index contributed by atoms with van der Waals surface area (Å²) in [7, 11) is 1.19. The Labute approximate surface area is 107 Å². The standard InChI is InChI=1S/C14H23NOS/c1-12(2)9-10-17(16)11-14(15-3)13-7-5-4-6-8-13/h4-8,12,14-15H,9-11H2,1-3H3. The number of rotatable bonds is 7. The molecule has 2 atom stereocenters. The minimum Gasteiger partial charge on any atom is -0.312 e. The van der Waals surface area contributed by atoms with E-state index in [2.05, 4.69) is 31.3 Å². The Morgan fingerprint density at radius 2 is 1.88 bits per heavy atom. The molecule has 1 N–H and O–H groups in total. The highest BCUT2D eigenvalue weighted by molar-refractivity contribution is 7.85. The van der Waals surface area contributed by atoms with E-state index in [-0.39, 0.29) is 6.04 Å². The van der Waals surface area contributed by atoms with Gasteiger partial charge in [-0.2, -0.15) is 0 Å². The van der Waals surface area contributed by atoms with Crippen LogP contribution >= 0.6 is 0 Å². The van der Waals surface area contributed by atoms with Crippen LogP contribution < -0.4 is 5.32 Å². The molecule has 1 aromatic carbocycles. The minimum absolute atomic E-state index is 0.198. The van der Waals surface area contributed by atoms with Crippen molar-refractivity contribution in [3.63, 3.8) is 0 Å². The molecule has 96 valence electrons. The van der Waals surface area contributed by atoms with Crippen LogP contribution in [0.15, 0.2) is 30.3 Å². The second-order valence-corrected chi connectivity index (χ2v) is 6.37. The molecule has 0 radical (unpaired) electrons. The number of hydrogen-bond donors (Lipinski definition) is 1. The molecule has 2 unspecified atom stereocenters. The zero-order valence-corrected chi connectivity index (χ0v) is 11.8. The molecule has 0 bridgehead atoms. The Kier molecular flexibility index (Phi) is 6.45. The van der Waals surface area contributed by atoms with Crippen LogP contribution in [0, 0.1) is 5.92 Å². The molecule has 0 aliphatic heterocycles. The van der Waals surface area contributed by atoms with Crippen molar-refractivity contribution in [2.24, 2.45) is 5.92 Å². The zero-order chi connectivity index (χ0) is 12.7. The lowest BCUT2D eigenvalue weighted by atomic mass is 10.1. The molecule has 1 rings (SSSR count). The van der Waals surface area contributed by atoms with Gasteiger partial charge in [0.15, 0.2) is 0 Å². The van der Waals surface area contributed by atoms with Crippen molar-refractivity contribution in [1.29, 1.82) is 0 Å². The van der Waals surface area contributed by atoms with E-state index in [4.69, 9.17) is 0 Å². The summed E-state index contributed by atoms with van der Waals surface area (Å²) in [5.74, 6) is 2.14. The van der Waals surface area contributed by atoms with E-state index in [1.54, 1.807) is 0 Å². The minimum atomic E-state index is -0.734. The number of benzene rings is 1. The molecule has 0 aliphatic rings. The molecule has 0 fully saturated rings. The van der Waals surface area contributed by atoms with Crippen molar-refractivity contribution < 1.29 is 4.21 Å². The van der Waals surface area contributed by atoms with E-state index in [1.165, 1.54) is 5.56 Å². The van der Waals surface area contributed by atoms with Gasteiger partial charge in [0.25, 0.3) is 0 Å². The van der Waals surface area contributed by atoms with Gasteiger partial charge >= 0.3 is 0 Å². The Bertz CT molecular complexity index is 337. The molecule has 0 aliphatic carbocycles. The van der Waals surface area contributed by atoms with E-state index in [9.17, 15) is 4.21 Å². The van der Waals surface area contributed by atoms with E-state index in [1.807, 2.05) is 25.2 Å². The topological polar surface area (TPSA) is 29.1 Å². The summed E-state index contributed by atoms with van der Waals surface area (Å²) < 4.78 is 12.0.